The molecule has 0 bridgehead atoms. The fourth-order valence-electron chi connectivity index (χ4n) is 5.79. The van der Waals surface area contributed by atoms with Crippen LogP contribution in [0.1, 0.15) is 22.3 Å². The second kappa shape index (κ2) is 13.2. The first kappa shape index (κ1) is 32.2. The molecule has 48 heavy (non-hydrogen) atoms. The summed E-state index contributed by atoms with van der Waals surface area (Å²) >= 11 is 0. The molecule has 1 unspecified atom stereocenters. The van der Waals surface area contributed by atoms with Gasteiger partial charge >= 0.3 is 11.9 Å². The molecule has 0 spiro atoms. The summed E-state index contributed by atoms with van der Waals surface area (Å²) in [7, 11) is 1.64. The molecule has 15 heteroatoms. The van der Waals surface area contributed by atoms with E-state index >= 15 is 8.78 Å². The zero-order chi connectivity index (χ0) is 34.1. The number of pyridine rings is 1. The largest absolute Gasteiger partial charge is 0.477 e. The van der Waals surface area contributed by atoms with Crippen molar-refractivity contribution in [2.75, 3.05) is 60.1 Å². The molecule has 1 atom stereocenters. The van der Waals surface area contributed by atoms with Crippen LogP contribution in [0.5, 0.6) is 5.75 Å². The third-order valence-electron chi connectivity index (χ3n) is 8.26. The van der Waals surface area contributed by atoms with Crippen LogP contribution in [0.3, 0.4) is 0 Å². The lowest BCUT2D eigenvalue weighted by Crippen LogP contribution is -2.47. The lowest BCUT2D eigenvalue weighted by Gasteiger charge is -2.39. The van der Waals surface area contributed by atoms with Gasteiger partial charge < -0.3 is 35.4 Å². The van der Waals surface area contributed by atoms with E-state index in [-0.39, 0.29) is 66.6 Å². The topological polar surface area (TPSA) is 160 Å². The first-order chi connectivity index (χ1) is 23.0. The molecular formula is C33H32F2N6O7. The number of esters is 1. The molecule has 250 valence electrons. The van der Waals surface area contributed by atoms with Crippen LogP contribution >= 0.6 is 0 Å². The zero-order valence-corrected chi connectivity index (χ0v) is 25.8. The number of ether oxygens (including phenoxy) is 2. The van der Waals surface area contributed by atoms with Crippen molar-refractivity contribution in [2.45, 2.75) is 19.1 Å². The number of carbonyl (C=O) groups is 3. The fraction of sp³-hybridized carbons (Fsp3) is 0.273. The molecule has 1 fully saturated rings. The van der Waals surface area contributed by atoms with Crippen LogP contribution in [0.2, 0.25) is 0 Å². The number of nitrogens with zero attached hydrogens (tertiary/aromatic N) is 4. The maximum absolute atomic E-state index is 15.6. The Balaban J connectivity index is 1.10. The number of nitrogens with one attached hydrogen (secondary N) is 1. The van der Waals surface area contributed by atoms with Gasteiger partial charge in [-0.15, -0.1) is 0 Å². The standard InChI is InChI=1S/C33H32F2N6O7/c1-38-18-48-31-28-21(30(43)22(33(45)46)16-41(28)38)14-24(35)29(31)40-11-9-39(10-12-40)26-8-7-20(13-23(26)34)37-32(44)25(36)15-27(42)47-17-19-5-3-2-4-6-19/h2-8,13-14,16,25H,9-12,15,17-18,36H2,1H3,(H,37,44)(H,45,46). The quantitative estimate of drug-likeness (QED) is 0.226. The minimum Gasteiger partial charge on any atom is -0.477 e. The van der Waals surface area contributed by atoms with Crippen molar-refractivity contribution in [3.63, 3.8) is 0 Å². The normalized spacial score (nSPS) is 14.8. The molecule has 0 radical (unpaired) electrons. The van der Waals surface area contributed by atoms with E-state index in [1.165, 1.54) is 23.0 Å². The van der Waals surface area contributed by atoms with Crippen LogP contribution in [-0.4, -0.2) is 73.6 Å². The molecule has 0 aliphatic carbocycles. The maximum Gasteiger partial charge on any atom is 0.341 e. The smallest absolute Gasteiger partial charge is 0.341 e. The molecule has 2 aliphatic heterocycles. The van der Waals surface area contributed by atoms with E-state index in [0.29, 0.717) is 13.1 Å². The van der Waals surface area contributed by atoms with E-state index in [9.17, 15) is 24.3 Å². The van der Waals surface area contributed by atoms with Crippen LogP contribution in [0.25, 0.3) is 10.9 Å². The first-order valence-electron chi connectivity index (χ1n) is 15.1. The number of carboxylic acids is 1. The first-order valence-corrected chi connectivity index (χ1v) is 15.1. The Morgan fingerprint density at radius 3 is 2.42 bits per heavy atom. The Bertz CT molecular complexity index is 1960. The van der Waals surface area contributed by atoms with Crippen LogP contribution in [0.4, 0.5) is 25.8 Å². The molecule has 13 nitrogen and oxygen atoms in total. The maximum atomic E-state index is 15.6. The van der Waals surface area contributed by atoms with Gasteiger partial charge in [0.05, 0.1) is 23.5 Å². The van der Waals surface area contributed by atoms with Gasteiger partial charge in [0.15, 0.2) is 18.3 Å². The van der Waals surface area contributed by atoms with Gasteiger partial charge in [-0.05, 0) is 29.8 Å². The molecule has 1 aromatic heterocycles. The summed E-state index contributed by atoms with van der Waals surface area (Å²) < 4.78 is 43.4. The Morgan fingerprint density at radius 2 is 1.73 bits per heavy atom. The second-order valence-corrected chi connectivity index (χ2v) is 11.5. The van der Waals surface area contributed by atoms with E-state index in [1.807, 2.05) is 18.2 Å². The van der Waals surface area contributed by atoms with Crippen molar-refractivity contribution in [1.29, 1.82) is 0 Å². The third-order valence-corrected chi connectivity index (χ3v) is 8.26. The number of hydrogen-bond acceptors (Lipinski definition) is 10. The number of aromatic carboxylic acids is 1. The van der Waals surface area contributed by atoms with Gasteiger partial charge in [0.2, 0.25) is 11.3 Å². The number of carbonyl (C=O) groups excluding carboxylic acids is 2. The van der Waals surface area contributed by atoms with Crippen LogP contribution in [0, 0.1) is 11.6 Å². The van der Waals surface area contributed by atoms with Gasteiger partial charge in [-0.25, -0.2) is 13.6 Å². The predicted octanol–water partition coefficient (Wildman–Crippen LogP) is 2.62. The SMILES string of the molecule is CN1COc2c(N3CCN(c4ccc(NC(=O)C(N)CC(=O)OCc5ccccc5)cc4F)CC3)c(F)cc3c(=O)c(C(=O)O)cn1c23. The average Bonchev–Trinajstić information content (AvgIpc) is 3.06. The summed E-state index contributed by atoms with van der Waals surface area (Å²) in [6.07, 6.45) is 0.842. The van der Waals surface area contributed by atoms with Crippen molar-refractivity contribution in [3.8, 4) is 5.75 Å². The highest BCUT2D eigenvalue weighted by molar-refractivity contribution is 5.98. The van der Waals surface area contributed by atoms with Gasteiger partial charge in [-0.3, -0.25) is 24.1 Å². The molecule has 6 rings (SSSR count). The summed E-state index contributed by atoms with van der Waals surface area (Å²) in [5.74, 6) is -3.96. The average molecular weight is 663 g/mol. The van der Waals surface area contributed by atoms with Crippen molar-refractivity contribution in [3.05, 3.63) is 93.8 Å². The molecule has 1 amide bonds. The summed E-state index contributed by atoms with van der Waals surface area (Å²) in [4.78, 5) is 52.8. The Labute approximate surface area is 272 Å². The number of nitrogens with two attached hydrogens (primary N) is 1. The number of anilines is 3. The highest BCUT2D eigenvalue weighted by Gasteiger charge is 2.31. The van der Waals surface area contributed by atoms with Gasteiger partial charge in [0.1, 0.15) is 29.2 Å². The molecule has 4 N–H and O–H groups in total. The van der Waals surface area contributed by atoms with Crippen molar-refractivity contribution < 1.29 is 37.7 Å². The lowest BCUT2D eigenvalue weighted by molar-refractivity contribution is -0.146. The van der Waals surface area contributed by atoms with Crippen molar-refractivity contribution in [2.24, 2.45) is 5.73 Å². The monoisotopic (exact) mass is 662 g/mol. The number of piperazine rings is 1. The third kappa shape index (κ3) is 6.31. The number of halogens is 2. The van der Waals surface area contributed by atoms with Crippen LogP contribution in [-0.2, 0) is 20.9 Å². The van der Waals surface area contributed by atoms with Crippen molar-refractivity contribution >= 4 is 45.8 Å². The van der Waals surface area contributed by atoms with Crippen LogP contribution in [0.15, 0.2) is 65.6 Å². The summed E-state index contributed by atoms with van der Waals surface area (Å²) in [6, 6.07) is 13.1. The Morgan fingerprint density at radius 1 is 1.02 bits per heavy atom. The van der Waals surface area contributed by atoms with E-state index in [0.717, 1.165) is 17.7 Å². The number of rotatable bonds is 9. The second-order valence-electron chi connectivity index (χ2n) is 11.5. The zero-order valence-electron chi connectivity index (χ0n) is 25.8. The number of carboxylic acid groups (broad SMARTS) is 1. The minimum absolute atomic E-state index is 0.0161. The molecule has 4 aromatic rings. The number of amides is 1. The molecule has 2 aliphatic rings. The van der Waals surface area contributed by atoms with E-state index in [1.54, 1.807) is 34.0 Å². The highest BCUT2D eigenvalue weighted by atomic mass is 19.1. The van der Waals surface area contributed by atoms with Gasteiger partial charge in [0, 0.05) is 45.1 Å². The van der Waals surface area contributed by atoms with Gasteiger partial charge in [0.25, 0.3) is 0 Å². The van der Waals surface area contributed by atoms with E-state index < -0.39 is 46.5 Å². The van der Waals surface area contributed by atoms with E-state index in [2.05, 4.69) is 5.32 Å². The molecule has 3 aromatic carbocycles. The Kier molecular flexibility index (Phi) is 8.86. The predicted molar refractivity (Wildman–Crippen MR) is 173 cm³/mol. The number of benzene rings is 3. The highest BCUT2D eigenvalue weighted by Crippen LogP contribution is 2.40. The summed E-state index contributed by atoms with van der Waals surface area (Å²) in [6.45, 7) is 1.20. The van der Waals surface area contributed by atoms with Gasteiger partial charge in [-0.1, -0.05) is 30.3 Å². The van der Waals surface area contributed by atoms with Crippen molar-refractivity contribution in [1.82, 2.24) is 4.68 Å². The minimum atomic E-state index is -1.42. The van der Waals surface area contributed by atoms with E-state index in [4.69, 9.17) is 15.2 Å². The summed E-state index contributed by atoms with van der Waals surface area (Å²) in [5, 5.41) is 13.5. The number of hydrogen-bond donors (Lipinski definition) is 3. The molecule has 1 saturated heterocycles. The molecule has 0 saturated carbocycles. The molecular weight excluding hydrogens is 630 g/mol. The van der Waals surface area contributed by atoms with Crippen LogP contribution < -0.4 is 36.0 Å². The fourth-order valence-corrected chi connectivity index (χ4v) is 5.79. The van der Waals surface area contributed by atoms with Gasteiger partial charge in [-0.2, -0.15) is 0 Å². The summed E-state index contributed by atoms with van der Waals surface area (Å²) in [5.41, 5.74) is 6.19. The lowest BCUT2D eigenvalue weighted by atomic mass is 10.1. The molecule has 3 heterocycles. The Hall–Kier alpha value is -5.70. The number of aromatic nitrogens is 1.